The first-order valence-electron chi connectivity index (χ1n) is 9.82. The molecule has 0 radical (unpaired) electrons. The lowest BCUT2D eigenvalue weighted by Crippen LogP contribution is -2.23. The van der Waals surface area contributed by atoms with E-state index in [0.29, 0.717) is 35.8 Å². The number of carbonyl (C=O) groups is 1. The van der Waals surface area contributed by atoms with Crippen LogP contribution in [0, 0.1) is 6.92 Å². The first kappa shape index (κ1) is 18.7. The number of aryl methyl sites for hydroxylation is 1. The average molecular weight is 431 g/mol. The molecule has 1 aliphatic heterocycles. The zero-order valence-electron chi connectivity index (χ0n) is 16.1. The van der Waals surface area contributed by atoms with E-state index < -0.39 is 9.84 Å². The zero-order valence-corrected chi connectivity index (χ0v) is 17.7. The number of aromatic nitrogens is 3. The van der Waals surface area contributed by atoms with E-state index in [9.17, 15) is 13.2 Å². The summed E-state index contributed by atoms with van der Waals surface area (Å²) < 4.78 is 25.7. The lowest BCUT2D eigenvalue weighted by atomic mass is 10.1. The Morgan fingerprint density at radius 1 is 1.34 bits per heavy atom. The van der Waals surface area contributed by atoms with Crippen LogP contribution in [0.1, 0.15) is 57.8 Å². The van der Waals surface area contributed by atoms with Gasteiger partial charge in [-0.15, -0.1) is 11.3 Å². The van der Waals surface area contributed by atoms with Gasteiger partial charge >= 0.3 is 0 Å². The second kappa shape index (κ2) is 6.91. The van der Waals surface area contributed by atoms with Crippen molar-refractivity contribution >= 4 is 38.1 Å². The Kier molecular flexibility index (Phi) is 4.47. The van der Waals surface area contributed by atoms with Crippen LogP contribution in [0.2, 0.25) is 0 Å². The number of rotatable bonds is 5. The van der Waals surface area contributed by atoms with Gasteiger partial charge in [0.15, 0.2) is 15.5 Å². The van der Waals surface area contributed by atoms with Crippen molar-refractivity contribution in [3.8, 4) is 0 Å². The number of hydrogen-bond donors (Lipinski definition) is 1. The Bertz CT molecular complexity index is 1190. The predicted octanol–water partition coefficient (Wildman–Crippen LogP) is 2.97. The molecule has 2 aliphatic rings. The van der Waals surface area contributed by atoms with E-state index in [4.69, 9.17) is 4.98 Å². The van der Waals surface area contributed by atoms with Crippen LogP contribution in [0.3, 0.4) is 0 Å². The topological polar surface area (TPSA) is 93.9 Å². The van der Waals surface area contributed by atoms with Crippen molar-refractivity contribution in [1.29, 1.82) is 0 Å². The highest BCUT2D eigenvalue weighted by atomic mass is 32.2. The van der Waals surface area contributed by atoms with Crippen LogP contribution in [0.4, 0.5) is 0 Å². The van der Waals surface area contributed by atoms with Crippen molar-refractivity contribution in [2.24, 2.45) is 0 Å². The number of pyridine rings is 1. The van der Waals surface area contributed by atoms with E-state index in [0.717, 1.165) is 28.8 Å². The number of hydrogen-bond acceptors (Lipinski definition) is 6. The minimum Gasteiger partial charge on any atom is -0.347 e. The number of thiophene rings is 1. The summed E-state index contributed by atoms with van der Waals surface area (Å²) in [6.07, 6.45) is 2.67. The van der Waals surface area contributed by atoms with Gasteiger partial charge in [0.05, 0.1) is 40.7 Å². The average Bonchev–Trinajstić information content (AvgIpc) is 3.13. The predicted molar refractivity (Wildman–Crippen MR) is 112 cm³/mol. The minimum absolute atomic E-state index is 0.0818. The molecule has 1 aliphatic carbocycles. The quantitative estimate of drug-likeness (QED) is 0.672. The van der Waals surface area contributed by atoms with Crippen molar-refractivity contribution in [1.82, 2.24) is 20.1 Å². The lowest BCUT2D eigenvalue weighted by Gasteiger charge is -2.12. The highest BCUT2D eigenvalue weighted by Crippen LogP contribution is 2.41. The van der Waals surface area contributed by atoms with E-state index in [-0.39, 0.29) is 23.5 Å². The Hall–Kier alpha value is -2.26. The van der Waals surface area contributed by atoms with E-state index in [1.807, 2.05) is 30.5 Å². The summed E-state index contributed by atoms with van der Waals surface area (Å²) in [5.74, 6) is 0.487. The van der Waals surface area contributed by atoms with Gasteiger partial charge in [0, 0.05) is 16.5 Å². The summed E-state index contributed by atoms with van der Waals surface area (Å²) in [5, 5.41) is 10.3. The van der Waals surface area contributed by atoms with Crippen molar-refractivity contribution in [2.75, 3.05) is 11.5 Å². The molecule has 0 aromatic carbocycles. The van der Waals surface area contributed by atoms with Crippen LogP contribution in [0.25, 0.3) is 11.0 Å². The fraction of sp³-hybridized carbons (Fsp3) is 0.450. The second-order valence-electron chi connectivity index (χ2n) is 7.92. The van der Waals surface area contributed by atoms with Gasteiger partial charge in [0.1, 0.15) is 0 Å². The number of amides is 1. The van der Waals surface area contributed by atoms with E-state index in [1.165, 1.54) is 0 Å². The van der Waals surface area contributed by atoms with Crippen molar-refractivity contribution in [3.05, 3.63) is 45.4 Å². The molecule has 2 fully saturated rings. The SMILES string of the molecule is Cc1nn([C@H]2CCS(=O)(=O)C2)c2nc(C3CC3)cc(C(=O)NCc3cccs3)c12. The molecule has 1 N–H and O–H groups in total. The Balaban J connectivity index is 1.57. The normalized spacial score (nSPS) is 20.9. The molecule has 5 rings (SSSR count). The third kappa shape index (κ3) is 3.57. The van der Waals surface area contributed by atoms with Gasteiger partial charge in [-0.2, -0.15) is 5.10 Å². The van der Waals surface area contributed by atoms with Crippen LogP contribution < -0.4 is 5.32 Å². The van der Waals surface area contributed by atoms with Gasteiger partial charge < -0.3 is 5.32 Å². The third-order valence-electron chi connectivity index (χ3n) is 5.65. The van der Waals surface area contributed by atoms with Crippen LogP contribution in [-0.2, 0) is 16.4 Å². The van der Waals surface area contributed by atoms with Crippen molar-refractivity contribution in [3.63, 3.8) is 0 Å². The molecule has 4 heterocycles. The van der Waals surface area contributed by atoms with Gasteiger partial charge in [-0.3, -0.25) is 4.79 Å². The molecule has 152 valence electrons. The van der Waals surface area contributed by atoms with E-state index in [1.54, 1.807) is 16.0 Å². The number of fused-ring (bicyclic) bond motifs is 1. The summed E-state index contributed by atoms with van der Waals surface area (Å²) in [6.45, 7) is 2.34. The maximum absolute atomic E-state index is 13.1. The molecule has 1 atom stereocenters. The second-order valence-corrected chi connectivity index (χ2v) is 11.2. The smallest absolute Gasteiger partial charge is 0.252 e. The van der Waals surface area contributed by atoms with Gasteiger partial charge in [0.2, 0.25) is 0 Å². The first-order chi connectivity index (χ1) is 13.9. The number of nitrogens with one attached hydrogen (secondary N) is 1. The summed E-state index contributed by atoms with van der Waals surface area (Å²) >= 11 is 1.61. The van der Waals surface area contributed by atoms with Gasteiger partial charge in [-0.05, 0) is 43.7 Å². The number of sulfone groups is 1. The number of nitrogens with zero attached hydrogens (tertiary/aromatic N) is 3. The molecule has 0 bridgehead atoms. The van der Waals surface area contributed by atoms with E-state index in [2.05, 4.69) is 10.4 Å². The molecule has 3 aromatic heterocycles. The van der Waals surface area contributed by atoms with E-state index >= 15 is 0 Å². The molecule has 9 heteroatoms. The maximum Gasteiger partial charge on any atom is 0.252 e. The lowest BCUT2D eigenvalue weighted by molar-refractivity contribution is 0.0952. The molecular formula is C20H22N4O3S2. The largest absolute Gasteiger partial charge is 0.347 e. The van der Waals surface area contributed by atoms with Gasteiger partial charge in [-0.1, -0.05) is 6.07 Å². The molecule has 0 unspecified atom stereocenters. The first-order valence-corrected chi connectivity index (χ1v) is 12.5. The molecule has 29 heavy (non-hydrogen) atoms. The van der Waals surface area contributed by atoms with Crippen LogP contribution in [0.15, 0.2) is 23.6 Å². The maximum atomic E-state index is 13.1. The summed E-state index contributed by atoms with van der Waals surface area (Å²) in [7, 11) is -3.04. The highest BCUT2D eigenvalue weighted by Gasteiger charge is 2.34. The molecular weight excluding hydrogens is 408 g/mol. The summed E-state index contributed by atoms with van der Waals surface area (Å²) in [6, 6.07) is 5.63. The third-order valence-corrected chi connectivity index (χ3v) is 8.28. The van der Waals surface area contributed by atoms with Gasteiger partial charge in [-0.25, -0.2) is 18.1 Å². The molecule has 7 nitrogen and oxygen atoms in total. The zero-order chi connectivity index (χ0) is 20.2. The van der Waals surface area contributed by atoms with Crippen LogP contribution in [-0.4, -0.2) is 40.6 Å². The molecule has 1 saturated heterocycles. The Morgan fingerprint density at radius 2 is 2.17 bits per heavy atom. The molecule has 1 saturated carbocycles. The van der Waals surface area contributed by atoms with Gasteiger partial charge in [0.25, 0.3) is 5.91 Å². The Morgan fingerprint density at radius 3 is 2.83 bits per heavy atom. The fourth-order valence-electron chi connectivity index (χ4n) is 4.00. The molecule has 3 aromatic rings. The highest BCUT2D eigenvalue weighted by molar-refractivity contribution is 7.91. The molecule has 0 spiro atoms. The standard InChI is InChI=1S/C20H22N4O3S2/c1-12-18-16(20(25)21-10-15-3-2-7-28-15)9-17(13-4-5-13)22-19(18)24(23-12)14-6-8-29(26,27)11-14/h2-3,7,9,13-14H,4-6,8,10-11H2,1H3,(H,21,25)/t14-/m0/s1. The fourth-order valence-corrected chi connectivity index (χ4v) is 6.33. The summed E-state index contributed by atoms with van der Waals surface area (Å²) in [4.78, 5) is 19.0. The monoisotopic (exact) mass is 430 g/mol. The Labute approximate surface area is 173 Å². The van der Waals surface area contributed by atoms with Crippen LogP contribution >= 0.6 is 11.3 Å². The van der Waals surface area contributed by atoms with Crippen LogP contribution in [0.5, 0.6) is 0 Å². The summed E-state index contributed by atoms with van der Waals surface area (Å²) in [5.41, 5.74) is 2.83. The van der Waals surface area contributed by atoms with Crippen molar-refractivity contribution in [2.45, 2.75) is 44.7 Å². The number of carbonyl (C=O) groups excluding carboxylic acids is 1. The van der Waals surface area contributed by atoms with Crippen molar-refractivity contribution < 1.29 is 13.2 Å². The molecule has 1 amide bonds. The minimum atomic E-state index is -3.04.